The molecule has 2 aliphatic rings. The third kappa shape index (κ3) is 1.59. The van der Waals surface area contributed by atoms with Crippen LogP contribution in [0.1, 0.15) is 45.4 Å². The standard InChI is InChI=1S/C12H19N/c1-9-6-7-10(8-13)12-5-3-2-4-11(9)12/h9-12H,2-7H2,1H3. The lowest BCUT2D eigenvalue weighted by atomic mass is 9.62. The first-order chi connectivity index (χ1) is 6.33. The van der Waals surface area contributed by atoms with E-state index in [9.17, 15) is 0 Å². The van der Waals surface area contributed by atoms with Crippen LogP contribution in [0, 0.1) is 35.0 Å². The van der Waals surface area contributed by atoms with E-state index in [0.717, 1.165) is 17.8 Å². The first-order valence-electron chi connectivity index (χ1n) is 5.72. The van der Waals surface area contributed by atoms with Crippen molar-refractivity contribution in [3.63, 3.8) is 0 Å². The van der Waals surface area contributed by atoms with Gasteiger partial charge in [0, 0.05) is 5.92 Å². The maximum absolute atomic E-state index is 9.07. The largest absolute Gasteiger partial charge is 0.198 e. The van der Waals surface area contributed by atoms with Crippen LogP contribution in [0.15, 0.2) is 0 Å². The summed E-state index contributed by atoms with van der Waals surface area (Å²) in [6, 6.07) is 2.52. The van der Waals surface area contributed by atoms with Crippen LogP contribution in [-0.2, 0) is 0 Å². The second-order valence-electron chi connectivity index (χ2n) is 4.90. The van der Waals surface area contributed by atoms with Gasteiger partial charge in [0.15, 0.2) is 0 Å². The molecule has 0 aromatic carbocycles. The molecule has 0 aromatic rings. The summed E-state index contributed by atoms with van der Waals surface area (Å²) in [7, 11) is 0. The first-order valence-corrected chi connectivity index (χ1v) is 5.72. The lowest BCUT2D eigenvalue weighted by Gasteiger charge is -2.42. The van der Waals surface area contributed by atoms with Gasteiger partial charge >= 0.3 is 0 Å². The van der Waals surface area contributed by atoms with Gasteiger partial charge in [-0.2, -0.15) is 5.26 Å². The van der Waals surface area contributed by atoms with E-state index in [2.05, 4.69) is 13.0 Å². The van der Waals surface area contributed by atoms with E-state index in [1.165, 1.54) is 38.5 Å². The van der Waals surface area contributed by atoms with Crippen LogP contribution in [0.4, 0.5) is 0 Å². The minimum Gasteiger partial charge on any atom is -0.198 e. The molecule has 2 rings (SSSR count). The van der Waals surface area contributed by atoms with Crippen molar-refractivity contribution < 1.29 is 0 Å². The summed E-state index contributed by atoms with van der Waals surface area (Å²) in [5.41, 5.74) is 0. The molecular formula is C12H19N. The topological polar surface area (TPSA) is 23.8 Å². The quantitative estimate of drug-likeness (QED) is 0.556. The monoisotopic (exact) mass is 177 g/mol. The molecule has 0 radical (unpaired) electrons. The van der Waals surface area contributed by atoms with E-state index in [-0.39, 0.29) is 0 Å². The Hall–Kier alpha value is -0.510. The van der Waals surface area contributed by atoms with Crippen molar-refractivity contribution >= 4 is 0 Å². The molecule has 0 amide bonds. The zero-order valence-corrected chi connectivity index (χ0v) is 8.50. The molecule has 0 aliphatic heterocycles. The zero-order valence-electron chi connectivity index (χ0n) is 8.50. The van der Waals surface area contributed by atoms with Crippen molar-refractivity contribution in [2.24, 2.45) is 23.7 Å². The zero-order chi connectivity index (χ0) is 9.26. The fourth-order valence-corrected chi connectivity index (χ4v) is 3.43. The molecule has 72 valence electrons. The molecule has 4 atom stereocenters. The number of hydrogen-bond donors (Lipinski definition) is 0. The molecule has 1 nitrogen and oxygen atoms in total. The van der Waals surface area contributed by atoms with Crippen molar-refractivity contribution in [2.45, 2.75) is 45.4 Å². The van der Waals surface area contributed by atoms with Crippen molar-refractivity contribution in [3.8, 4) is 6.07 Å². The molecule has 0 saturated heterocycles. The molecule has 0 aromatic heterocycles. The van der Waals surface area contributed by atoms with Crippen LogP contribution in [0.3, 0.4) is 0 Å². The summed E-state index contributed by atoms with van der Waals surface area (Å²) in [6.07, 6.45) is 7.95. The molecule has 2 fully saturated rings. The lowest BCUT2D eigenvalue weighted by molar-refractivity contribution is 0.0828. The van der Waals surface area contributed by atoms with E-state index >= 15 is 0 Å². The highest BCUT2D eigenvalue weighted by atomic mass is 14.4. The second kappa shape index (κ2) is 3.70. The van der Waals surface area contributed by atoms with Crippen molar-refractivity contribution in [1.82, 2.24) is 0 Å². The van der Waals surface area contributed by atoms with Crippen molar-refractivity contribution in [1.29, 1.82) is 5.26 Å². The van der Waals surface area contributed by atoms with E-state index < -0.39 is 0 Å². The van der Waals surface area contributed by atoms with E-state index in [1.54, 1.807) is 0 Å². The van der Waals surface area contributed by atoms with Gasteiger partial charge < -0.3 is 0 Å². The summed E-state index contributed by atoms with van der Waals surface area (Å²) in [4.78, 5) is 0. The van der Waals surface area contributed by atoms with Crippen molar-refractivity contribution in [2.75, 3.05) is 0 Å². The van der Waals surface area contributed by atoms with Gasteiger partial charge in [-0.1, -0.05) is 19.8 Å². The van der Waals surface area contributed by atoms with Gasteiger partial charge in [-0.3, -0.25) is 0 Å². The summed E-state index contributed by atoms with van der Waals surface area (Å²) in [5, 5.41) is 9.07. The Morgan fingerprint density at radius 2 is 1.69 bits per heavy atom. The Bertz CT molecular complexity index is 216. The Kier molecular flexibility index (Phi) is 2.58. The van der Waals surface area contributed by atoms with Crippen LogP contribution in [0.2, 0.25) is 0 Å². The predicted molar refractivity (Wildman–Crippen MR) is 52.9 cm³/mol. The second-order valence-corrected chi connectivity index (χ2v) is 4.90. The molecule has 2 aliphatic carbocycles. The van der Waals surface area contributed by atoms with Crippen LogP contribution in [0.25, 0.3) is 0 Å². The molecule has 1 heteroatoms. The SMILES string of the molecule is CC1CCC(C#N)C2CCCCC12. The summed E-state index contributed by atoms with van der Waals surface area (Å²) < 4.78 is 0. The van der Waals surface area contributed by atoms with E-state index in [1.807, 2.05) is 0 Å². The molecule has 0 bridgehead atoms. The minimum atomic E-state index is 0.390. The molecule has 2 saturated carbocycles. The Morgan fingerprint density at radius 3 is 2.38 bits per heavy atom. The van der Waals surface area contributed by atoms with Gasteiger partial charge in [-0.25, -0.2) is 0 Å². The van der Waals surface area contributed by atoms with Gasteiger partial charge in [0.25, 0.3) is 0 Å². The van der Waals surface area contributed by atoms with E-state index in [0.29, 0.717) is 5.92 Å². The maximum Gasteiger partial charge on any atom is 0.0658 e. The van der Waals surface area contributed by atoms with Gasteiger partial charge in [0.2, 0.25) is 0 Å². The third-order valence-electron chi connectivity index (χ3n) is 4.22. The van der Waals surface area contributed by atoms with Crippen LogP contribution in [0.5, 0.6) is 0 Å². The number of nitriles is 1. The lowest BCUT2D eigenvalue weighted by Crippen LogP contribution is -2.35. The molecule has 4 unspecified atom stereocenters. The third-order valence-corrected chi connectivity index (χ3v) is 4.22. The number of rotatable bonds is 0. The Labute approximate surface area is 81.1 Å². The summed E-state index contributed by atoms with van der Waals surface area (Å²) in [6.45, 7) is 2.39. The molecule has 0 spiro atoms. The summed E-state index contributed by atoms with van der Waals surface area (Å²) >= 11 is 0. The van der Waals surface area contributed by atoms with E-state index in [4.69, 9.17) is 5.26 Å². The first kappa shape index (κ1) is 9.06. The van der Waals surface area contributed by atoms with Gasteiger partial charge in [-0.15, -0.1) is 0 Å². The smallest absolute Gasteiger partial charge is 0.0658 e. The normalized spacial score (nSPS) is 44.9. The Balaban J connectivity index is 2.10. The fourth-order valence-electron chi connectivity index (χ4n) is 3.43. The van der Waals surface area contributed by atoms with Crippen molar-refractivity contribution in [3.05, 3.63) is 0 Å². The predicted octanol–water partition coefficient (Wildman–Crippen LogP) is 3.36. The average Bonchev–Trinajstić information content (AvgIpc) is 2.19. The maximum atomic E-state index is 9.07. The molecule has 13 heavy (non-hydrogen) atoms. The molecular weight excluding hydrogens is 158 g/mol. The van der Waals surface area contributed by atoms with Crippen LogP contribution >= 0.6 is 0 Å². The Morgan fingerprint density at radius 1 is 1.00 bits per heavy atom. The van der Waals surface area contributed by atoms with Gasteiger partial charge in [-0.05, 0) is 43.4 Å². The summed E-state index contributed by atoms with van der Waals surface area (Å²) in [5.74, 6) is 2.91. The highest BCUT2D eigenvalue weighted by molar-refractivity contribution is 4.97. The minimum absolute atomic E-state index is 0.390. The fraction of sp³-hybridized carbons (Fsp3) is 0.917. The molecule has 0 N–H and O–H groups in total. The van der Waals surface area contributed by atoms with Crippen LogP contribution in [-0.4, -0.2) is 0 Å². The molecule has 0 heterocycles. The number of hydrogen-bond acceptors (Lipinski definition) is 1. The highest BCUT2D eigenvalue weighted by Crippen LogP contribution is 2.46. The van der Waals surface area contributed by atoms with Gasteiger partial charge in [0.1, 0.15) is 0 Å². The average molecular weight is 177 g/mol. The number of fused-ring (bicyclic) bond motifs is 1. The van der Waals surface area contributed by atoms with Gasteiger partial charge in [0.05, 0.1) is 6.07 Å². The van der Waals surface area contributed by atoms with Crippen LogP contribution < -0.4 is 0 Å². The number of nitrogens with zero attached hydrogens (tertiary/aromatic N) is 1. The highest BCUT2D eigenvalue weighted by Gasteiger charge is 2.38.